The number of rotatable bonds is 4. The first-order valence-corrected chi connectivity index (χ1v) is 9.96. The van der Waals surface area contributed by atoms with Crippen LogP contribution in [0.2, 0.25) is 0 Å². The number of hydrogen-bond acceptors (Lipinski definition) is 4. The van der Waals surface area contributed by atoms with Gasteiger partial charge in [0.05, 0.1) is 17.1 Å². The molecule has 0 spiro atoms. The van der Waals surface area contributed by atoms with Crippen molar-refractivity contribution in [3.8, 4) is 5.75 Å². The Morgan fingerprint density at radius 3 is 2.96 bits per heavy atom. The van der Waals surface area contributed by atoms with Crippen LogP contribution in [0.3, 0.4) is 0 Å². The number of thiophene rings is 1. The van der Waals surface area contributed by atoms with E-state index in [-0.39, 0.29) is 18.4 Å². The molecule has 0 unspecified atom stereocenters. The average Bonchev–Trinajstić information content (AvgIpc) is 3.26. The topological polar surface area (TPSA) is 58.6 Å². The summed E-state index contributed by atoms with van der Waals surface area (Å²) >= 11 is 1.59. The van der Waals surface area contributed by atoms with Crippen molar-refractivity contribution < 1.29 is 14.3 Å². The molecule has 2 aromatic rings. The standard InChI is InChI=1S/C20H22N2O3S/c1-2-10-21-19(23)16-12-22(14-7-3-4-8-15(14)25-16)20(24)18-11-13-6-5-9-17(13)26-18/h3-4,7-8,11,16H,2,5-6,9-10,12H2,1H3,(H,21,23)/t16-/m0/s1. The van der Waals surface area contributed by atoms with Gasteiger partial charge in [0.2, 0.25) is 0 Å². The van der Waals surface area contributed by atoms with Gasteiger partial charge >= 0.3 is 0 Å². The number of benzene rings is 1. The molecule has 136 valence electrons. The lowest BCUT2D eigenvalue weighted by Gasteiger charge is -2.34. The van der Waals surface area contributed by atoms with E-state index in [4.69, 9.17) is 4.74 Å². The molecule has 0 radical (unpaired) electrons. The first kappa shape index (κ1) is 17.1. The van der Waals surface area contributed by atoms with Crippen molar-refractivity contribution in [2.75, 3.05) is 18.0 Å². The molecule has 6 heteroatoms. The Hall–Kier alpha value is -2.34. The zero-order valence-electron chi connectivity index (χ0n) is 14.8. The van der Waals surface area contributed by atoms with Gasteiger partial charge in [0.25, 0.3) is 11.8 Å². The van der Waals surface area contributed by atoms with E-state index < -0.39 is 6.10 Å². The number of fused-ring (bicyclic) bond motifs is 2. The second-order valence-corrected chi connectivity index (χ2v) is 7.83. The second kappa shape index (κ2) is 7.11. The maximum atomic E-state index is 13.2. The molecule has 1 aliphatic heterocycles. The number of amides is 2. The maximum absolute atomic E-state index is 13.2. The molecule has 0 bridgehead atoms. The molecule has 26 heavy (non-hydrogen) atoms. The number of hydrogen-bond donors (Lipinski definition) is 1. The molecule has 0 saturated heterocycles. The van der Waals surface area contributed by atoms with Crippen LogP contribution in [0.15, 0.2) is 30.3 Å². The molecular weight excluding hydrogens is 348 g/mol. The molecular formula is C20H22N2O3S. The van der Waals surface area contributed by atoms with Crippen LogP contribution in [0.5, 0.6) is 5.75 Å². The lowest BCUT2D eigenvalue weighted by atomic mass is 10.1. The predicted molar refractivity (Wildman–Crippen MR) is 102 cm³/mol. The number of para-hydroxylation sites is 2. The maximum Gasteiger partial charge on any atom is 0.268 e. The highest BCUT2D eigenvalue weighted by atomic mass is 32.1. The first-order chi connectivity index (χ1) is 12.7. The monoisotopic (exact) mass is 370 g/mol. The Morgan fingerprint density at radius 1 is 1.31 bits per heavy atom. The summed E-state index contributed by atoms with van der Waals surface area (Å²) in [7, 11) is 0. The lowest BCUT2D eigenvalue weighted by Crippen LogP contribution is -2.50. The van der Waals surface area contributed by atoms with Gasteiger partial charge in [-0.1, -0.05) is 19.1 Å². The number of carbonyl (C=O) groups excluding carboxylic acids is 2. The lowest BCUT2D eigenvalue weighted by molar-refractivity contribution is -0.127. The Bertz CT molecular complexity index is 824. The SMILES string of the molecule is CCCNC(=O)[C@@H]1CN(C(=O)c2cc3c(s2)CCC3)c2ccccc2O1. The van der Waals surface area contributed by atoms with Crippen LogP contribution in [-0.2, 0) is 17.6 Å². The third kappa shape index (κ3) is 3.09. The molecule has 5 nitrogen and oxygen atoms in total. The van der Waals surface area contributed by atoms with Crippen LogP contribution >= 0.6 is 11.3 Å². The van der Waals surface area contributed by atoms with Gasteiger partial charge in [-0.2, -0.15) is 0 Å². The zero-order valence-corrected chi connectivity index (χ0v) is 15.6. The van der Waals surface area contributed by atoms with Gasteiger partial charge in [-0.15, -0.1) is 11.3 Å². The van der Waals surface area contributed by atoms with Crippen molar-refractivity contribution in [3.63, 3.8) is 0 Å². The highest BCUT2D eigenvalue weighted by Gasteiger charge is 2.35. The number of nitrogens with zero attached hydrogens (tertiary/aromatic N) is 1. The summed E-state index contributed by atoms with van der Waals surface area (Å²) < 4.78 is 5.87. The van der Waals surface area contributed by atoms with Crippen LogP contribution in [0.25, 0.3) is 0 Å². The van der Waals surface area contributed by atoms with Crippen LogP contribution in [0.4, 0.5) is 5.69 Å². The van der Waals surface area contributed by atoms with Gasteiger partial charge < -0.3 is 10.1 Å². The normalized spacial score (nSPS) is 18.0. The summed E-state index contributed by atoms with van der Waals surface area (Å²) in [6.07, 6.45) is 3.47. The Labute approximate surface area is 157 Å². The molecule has 2 aliphatic rings. The summed E-state index contributed by atoms with van der Waals surface area (Å²) in [5.74, 6) is 0.356. The minimum Gasteiger partial charge on any atom is -0.477 e. The quantitative estimate of drug-likeness (QED) is 0.899. The zero-order chi connectivity index (χ0) is 18.1. The van der Waals surface area contributed by atoms with Gasteiger partial charge in [0.15, 0.2) is 6.10 Å². The summed E-state index contributed by atoms with van der Waals surface area (Å²) in [6.45, 7) is 2.84. The first-order valence-electron chi connectivity index (χ1n) is 9.14. The molecule has 0 saturated carbocycles. The van der Waals surface area contributed by atoms with Gasteiger partial charge in [-0.3, -0.25) is 14.5 Å². The molecule has 4 rings (SSSR count). The van der Waals surface area contributed by atoms with E-state index in [1.54, 1.807) is 16.2 Å². The van der Waals surface area contributed by atoms with Crippen LogP contribution < -0.4 is 15.0 Å². The van der Waals surface area contributed by atoms with Gasteiger partial charge in [0, 0.05) is 11.4 Å². The number of ether oxygens (including phenoxy) is 1. The Balaban J connectivity index is 1.62. The summed E-state index contributed by atoms with van der Waals surface area (Å²) in [5.41, 5.74) is 2.03. The van der Waals surface area contributed by atoms with Gasteiger partial charge in [-0.05, 0) is 49.4 Å². The summed E-state index contributed by atoms with van der Waals surface area (Å²) in [4.78, 5) is 29.4. The van der Waals surface area contributed by atoms with Crippen molar-refractivity contribution in [1.82, 2.24) is 5.32 Å². The van der Waals surface area contributed by atoms with Crippen molar-refractivity contribution in [2.45, 2.75) is 38.7 Å². The van der Waals surface area contributed by atoms with E-state index in [9.17, 15) is 9.59 Å². The van der Waals surface area contributed by atoms with E-state index in [0.717, 1.165) is 29.8 Å². The third-order valence-corrected chi connectivity index (χ3v) is 6.04. The molecule has 1 atom stereocenters. The van der Waals surface area contributed by atoms with Gasteiger partial charge in [-0.25, -0.2) is 0 Å². The van der Waals surface area contributed by atoms with Gasteiger partial charge in [0.1, 0.15) is 5.75 Å². The number of aryl methyl sites for hydroxylation is 2. The molecule has 1 N–H and O–H groups in total. The highest BCUT2D eigenvalue weighted by molar-refractivity contribution is 7.14. The second-order valence-electron chi connectivity index (χ2n) is 6.69. The summed E-state index contributed by atoms with van der Waals surface area (Å²) in [6, 6.07) is 9.44. The van der Waals surface area contributed by atoms with Crippen molar-refractivity contribution in [1.29, 1.82) is 0 Å². The minimum atomic E-state index is -0.688. The van der Waals surface area contributed by atoms with E-state index in [1.807, 2.05) is 37.3 Å². The summed E-state index contributed by atoms with van der Waals surface area (Å²) in [5, 5.41) is 2.86. The van der Waals surface area contributed by atoms with E-state index in [0.29, 0.717) is 12.3 Å². The molecule has 1 aromatic carbocycles. The third-order valence-electron chi connectivity index (χ3n) is 4.82. The number of anilines is 1. The predicted octanol–water partition coefficient (Wildman–Crippen LogP) is 3.17. The Morgan fingerprint density at radius 2 is 2.15 bits per heavy atom. The van der Waals surface area contributed by atoms with E-state index in [2.05, 4.69) is 5.32 Å². The number of carbonyl (C=O) groups is 2. The average molecular weight is 370 g/mol. The fourth-order valence-corrected chi connectivity index (χ4v) is 4.70. The molecule has 1 aliphatic carbocycles. The molecule has 2 amide bonds. The molecule has 2 heterocycles. The highest BCUT2D eigenvalue weighted by Crippen LogP contribution is 2.36. The van der Waals surface area contributed by atoms with Crippen LogP contribution in [-0.4, -0.2) is 31.0 Å². The van der Waals surface area contributed by atoms with Crippen molar-refractivity contribution >= 4 is 28.8 Å². The van der Waals surface area contributed by atoms with Crippen molar-refractivity contribution in [3.05, 3.63) is 45.6 Å². The van der Waals surface area contributed by atoms with Crippen LogP contribution in [0.1, 0.15) is 39.9 Å². The fraction of sp³-hybridized carbons (Fsp3) is 0.400. The Kier molecular flexibility index (Phi) is 4.68. The largest absolute Gasteiger partial charge is 0.477 e. The minimum absolute atomic E-state index is 0.0477. The number of nitrogens with one attached hydrogen (secondary N) is 1. The molecule has 0 fully saturated rings. The van der Waals surface area contributed by atoms with Crippen LogP contribution in [0, 0.1) is 0 Å². The van der Waals surface area contributed by atoms with Crippen molar-refractivity contribution in [2.24, 2.45) is 0 Å². The fourth-order valence-electron chi connectivity index (χ4n) is 3.49. The van der Waals surface area contributed by atoms with E-state index in [1.165, 1.54) is 16.9 Å². The smallest absolute Gasteiger partial charge is 0.268 e. The van der Waals surface area contributed by atoms with E-state index >= 15 is 0 Å². The molecule has 1 aromatic heterocycles.